The number of nitrogens with one attached hydrogen (secondary N) is 1. The molecule has 0 aromatic heterocycles. The van der Waals surface area contributed by atoms with E-state index in [4.69, 9.17) is 0 Å². The van der Waals surface area contributed by atoms with Crippen LogP contribution in [0.25, 0.3) is 0 Å². The number of rotatable bonds is 4. The van der Waals surface area contributed by atoms with Crippen LogP contribution in [0.15, 0.2) is 46.9 Å². The molecule has 0 atom stereocenters. The first-order chi connectivity index (χ1) is 8.65. The van der Waals surface area contributed by atoms with Gasteiger partial charge in [0.25, 0.3) is 0 Å². The van der Waals surface area contributed by atoms with Crippen molar-refractivity contribution >= 4 is 15.9 Å². The van der Waals surface area contributed by atoms with E-state index in [9.17, 15) is 8.78 Å². The molecule has 2 aromatic rings. The second-order valence-electron chi connectivity index (χ2n) is 3.97. The largest absolute Gasteiger partial charge is 0.309 e. The van der Waals surface area contributed by atoms with Crippen molar-refractivity contribution in [3.8, 4) is 0 Å². The van der Waals surface area contributed by atoms with Crippen molar-refractivity contribution in [2.45, 2.75) is 13.1 Å². The van der Waals surface area contributed by atoms with E-state index in [1.54, 1.807) is 0 Å². The molecule has 4 heteroatoms. The molecule has 0 amide bonds. The summed E-state index contributed by atoms with van der Waals surface area (Å²) in [5, 5.41) is 3.12. The van der Waals surface area contributed by atoms with E-state index in [1.165, 1.54) is 12.1 Å². The summed E-state index contributed by atoms with van der Waals surface area (Å²) in [6.07, 6.45) is 0. The number of hydrogen-bond acceptors (Lipinski definition) is 1. The molecule has 0 saturated heterocycles. The molecule has 0 radical (unpaired) electrons. The lowest BCUT2D eigenvalue weighted by Gasteiger charge is -2.06. The summed E-state index contributed by atoms with van der Waals surface area (Å²) in [5.41, 5.74) is 1.58. The monoisotopic (exact) mass is 311 g/mol. The van der Waals surface area contributed by atoms with Gasteiger partial charge in [-0.05, 0) is 23.8 Å². The number of hydrogen-bond donors (Lipinski definition) is 1. The van der Waals surface area contributed by atoms with E-state index in [-0.39, 0.29) is 0 Å². The quantitative estimate of drug-likeness (QED) is 0.899. The van der Waals surface area contributed by atoms with E-state index >= 15 is 0 Å². The Bertz CT molecular complexity index is 526. The highest BCUT2D eigenvalue weighted by molar-refractivity contribution is 9.10. The predicted molar refractivity (Wildman–Crippen MR) is 71.0 cm³/mol. The predicted octanol–water partition coefficient (Wildman–Crippen LogP) is 4.02. The second-order valence-corrected chi connectivity index (χ2v) is 4.88. The van der Waals surface area contributed by atoms with Gasteiger partial charge in [-0.3, -0.25) is 0 Å². The van der Waals surface area contributed by atoms with E-state index in [0.717, 1.165) is 16.1 Å². The van der Waals surface area contributed by atoms with Gasteiger partial charge in [0, 0.05) is 29.2 Å². The maximum atomic E-state index is 13.3. The maximum absolute atomic E-state index is 13.3. The SMILES string of the molecule is Fc1ccc(CNCc2ccc(Br)cc2)c(F)c1. The van der Waals surface area contributed by atoms with Gasteiger partial charge in [0.15, 0.2) is 0 Å². The van der Waals surface area contributed by atoms with Crippen molar-refractivity contribution < 1.29 is 8.78 Å². The Morgan fingerprint density at radius 2 is 1.67 bits per heavy atom. The lowest BCUT2D eigenvalue weighted by Crippen LogP contribution is -2.13. The van der Waals surface area contributed by atoms with Crippen LogP contribution in [0.4, 0.5) is 8.78 Å². The van der Waals surface area contributed by atoms with Crippen molar-refractivity contribution in [2.24, 2.45) is 0 Å². The molecule has 2 aromatic carbocycles. The topological polar surface area (TPSA) is 12.0 Å². The highest BCUT2D eigenvalue weighted by atomic mass is 79.9. The molecule has 94 valence electrons. The van der Waals surface area contributed by atoms with Crippen LogP contribution in [-0.2, 0) is 13.1 Å². The summed E-state index contributed by atoms with van der Waals surface area (Å²) >= 11 is 3.36. The van der Waals surface area contributed by atoms with Crippen molar-refractivity contribution in [1.29, 1.82) is 0 Å². The fraction of sp³-hybridized carbons (Fsp3) is 0.143. The van der Waals surface area contributed by atoms with Crippen LogP contribution in [0.2, 0.25) is 0 Å². The highest BCUT2D eigenvalue weighted by Crippen LogP contribution is 2.11. The minimum Gasteiger partial charge on any atom is -0.309 e. The van der Waals surface area contributed by atoms with E-state index < -0.39 is 11.6 Å². The Hall–Kier alpha value is -1.26. The third kappa shape index (κ3) is 3.62. The molecule has 1 N–H and O–H groups in total. The van der Waals surface area contributed by atoms with E-state index in [1.807, 2.05) is 24.3 Å². The molecule has 0 aliphatic carbocycles. The van der Waals surface area contributed by atoms with Gasteiger partial charge < -0.3 is 5.32 Å². The zero-order chi connectivity index (χ0) is 13.0. The first kappa shape index (κ1) is 13.2. The Labute approximate surface area is 113 Å². The molecule has 0 bridgehead atoms. The lowest BCUT2D eigenvalue weighted by atomic mass is 10.2. The zero-order valence-electron chi connectivity index (χ0n) is 9.59. The summed E-state index contributed by atoms with van der Waals surface area (Å²) < 4.78 is 27.1. The minimum atomic E-state index is -0.552. The van der Waals surface area contributed by atoms with Crippen LogP contribution in [0, 0.1) is 11.6 Å². The van der Waals surface area contributed by atoms with Gasteiger partial charge >= 0.3 is 0 Å². The van der Waals surface area contributed by atoms with Gasteiger partial charge in [0.2, 0.25) is 0 Å². The molecule has 18 heavy (non-hydrogen) atoms. The Morgan fingerprint density at radius 3 is 2.33 bits per heavy atom. The van der Waals surface area contributed by atoms with E-state index in [0.29, 0.717) is 18.7 Å². The first-order valence-corrected chi connectivity index (χ1v) is 6.33. The van der Waals surface area contributed by atoms with Crippen LogP contribution in [-0.4, -0.2) is 0 Å². The molecule has 0 fully saturated rings. The Balaban J connectivity index is 1.90. The van der Waals surface area contributed by atoms with Crippen molar-refractivity contribution in [2.75, 3.05) is 0 Å². The Kier molecular flexibility index (Phi) is 4.44. The van der Waals surface area contributed by atoms with Gasteiger partial charge in [0.1, 0.15) is 11.6 Å². The van der Waals surface area contributed by atoms with Crippen LogP contribution >= 0.6 is 15.9 Å². The summed E-state index contributed by atoms with van der Waals surface area (Å²) in [5.74, 6) is -1.07. The van der Waals surface area contributed by atoms with Crippen molar-refractivity contribution in [1.82, 2.24) is 5.32 Å². The van der Waals surface area contributed by atoms with Crippen molar-refractivity contribution in [3.05, 3.63) is 69.7 Å². The zero-order valence-corrected chi connectivity index (χ0v) is 11.2. The molecular weight excluding hydrogens is 300 g/mol. The average Bonchev–Trinajstić information content (AvgIpc) is 2.34. The first-order valence-electron chi connectivity index (χ1n) is 5.54. The number of halogens is 3. The third-order valence-electron chi connectivity index (χ3n) is 2.57. The summed E-state index contributed by atoms with van der Waals surface area (Å²) in [7, 11) is 0. The molecule has 0 aliphatic heterocycles. The molecular formula is C14H12BrF2N. The number of benzene rings is 2. The average molecular weight is 312 g/mol. The van der Waals surface area contributed by atoms with Crippen LogP contribution < -0.4 is 5.32 Å². The normalized spacial score (nSPS) is 10.6. The fourth-order valence-electron chi connectivity index (χ4n) is 1.61. The third-order valence-corrected chi connectivity index (χ3v) is 3.10. The van der Waals surface area contributed by atoms with Crippen molar-refractivity contribution in [3.63, 3.8) is 0 Å². The van der Waals surface area contributed by atoms with Gasteiger partial charge in [-0.25, -0.2) is 8.78 Å². The molecule has 0 saturated carbocycles. The molecule has 1 nitrogen and oxygen atoms in total. The molecule has 0 heterocycles. The van der Waals surface area contributed by atoms with Crippen LogP contribution in [0.3, 0.4) is 0 Å². The fourth-order valence-corrected chi connectivity index (χ4v) is 1.87. The highest BCUT2D eigenvalue weighted by Gasteiger charge is 2.03. The molecule has 2 rings (SSSR count). The van der Waals surface area contributed by atoms with Gasteiger partial charge in [-0.1, -0.05) is 34.1 Å². The smallest absolute Gasteiger partial charge is 0.130 e. The standard InChI is InChI=1S/C14H12BrF2N/c15-12-4-1-10(2-5-12)8-18-9-11-3-6-13(16)7-14(11)17/h1-7,18H,8-9H2. The van der Waals surface area contributed by atoms with Gasteiger partial charge in [-0.2, -0.15) is 0 Å². The maximum Gasteiger partial charge on any atom is 0.130 e. The van der Waals surface area contributed by atoms with Gasteiger partial charge in [-0.15, -0.1) is 0 Å². The summed E-state index contributed by atoms with van der Waals surface area (Å²) in [6.45, 7) is 1.02. The van der Waals surface area contributed by atoms with Crippen LogP contribution in [0.5, 0.6) is 0 Å². The Morgan fingerprint density at radius 1 is 0.944 bits per heavy atom. The lowest BCUT2D eigenvalue weighted by molar-refractivity contribution is 0.560. The van der Waals surface area contributed by atoms with E-state index in [2.05, 4.69) is 21.2 Å². The molecule has 0 spiro atoms. The molecule has 0 aliphatic rings. The summed E-state index contributed by atoms with van der Waals surface area (Å²) in [6, 6.07) is 11.5. The minimum absolute atomic E-state index is 0.377. The summed E-state index contributed by atoms with van der Waals surface area (Å²) in [4.78, 5) is 0. The molecule has 0 unspecified atom stereocenters. The van der Waals surface area contributed by atoms with Gasteiger partial charge in [0.05, 0.1) is 0 Å². The second kappa shape index (κ2) is 6.07. The van der Waals surface area contributed by atoms with Crippen LogP contribution in [0.1, 0.15) is 11.1 Å².